The van der Waals surface area contributed by atoms with Crippen LogP contribution in [0, 0.1) is 0 Å². The monoisotopic (exact) mass is 265 g/mol. The molecule has 2 aliphatic rings. The van der Waals surface area contributed by atoms with Gasteiger partial charge in [0.25, 0.3) is 0 Å². The zero-order valence-electron chi connectivity index (χ0n) is 11.8. The molecule has 1 N–H and O–H groups in total. The lowest BCUT2D eigenvalue weighted by atomic mass is 9.89. The van der Waals surface area contributed by atoms with E-state index >= 15 is 0 Å². The van der Waals surface area contributed by atoms with Crippen molar-refractivity contribution in [3.63, 3.8) is 0 Å². The van der Waals surface area contributed by atoms with Gasteiger partial charge in [0, 0.05) is 38.9 Å². The first-order chi connectivity index (χ1) is 9.21. The van der Waals surface area contributed by atoms with Crippen molar-refractivity contribution in [1.29, 1.82) is 0 Å². The van der Waals surface area contributed by atoms with Crippen molar-refractivity contribution in [1.82, 2.24) is 9.78 Å². The van der Waals surface area contributed by atoms with Crippen molar-refractivity contribution in [3.05, 3.63) is 11.9 Å². The Labute approximate surface area is 114 Å². The molecule has 2 saturated heterocycles. The third-order valence-electron chi connectivity index (χ3n) is 4.16. The number of ether oxygens (including phenoxy) is 2. The second-order valence-corrected chi connectivity index (χ2v) is 5.68. The van der Waals surface area contributed by atoms with Gasteiger partial charge >= 0.3 is 0 Å². The number of anilines is 1. The molecule has 106 valence electrons. The Hall–Kier alpha value is -1.07. The van der Waals surface area contributed by atoms with Crippen molar-refractivity contribution in [2.45, 2.75) is 44.2 Å². The third-order valence-corrected chi connectivity index (χ3v) is 4.16. The highest BCUT2D eigenvalue weighted by atomic mass is 16.6. The minimum Gasteiger partial charge on any atom is -0.379 e. The van der Waals surface area contributed by atoms with E-state index in [9.17, 15) is 0 Å². The Bertz CT molecular complexity index is 438. The van der Waals surface area contributed by atoms with Crippen LogP contribution in [0.15, 0.2) is 6.20 Å². The second kappa shape index (κ2) is 5.13. The molecule has 1 aromatic heterocycles. The SMILES string of the molecule is CCc1nn(C)cc1NC1CCOC2(CCOC2)C1. The summed E-state index contributed by atoms with van der Waals surface area (Å²) in [5, 5.41) is 8.14. The topological polar surface area (TPSA) is 48.3 Å². The van der Waals surface area contributed by atoms with E-state index in [1.54, 1.807) is 0 Å². The highest BCUT2D eigenvalue weighted by Gasteiger charge is 2.41. The molecule has 2 unspecified atom stereocenters. The molecule has 1 spiro atoms. The predicted molar refractivity (Wildman–Crippen MR) is 73.3 cm³/mol. The minimum absolute atomic E-state index is 0.0372. The Kier molecular flexibility index (Phi) is 3.50. The number of aryl methyl sites for hydroxylation is 2. The van der Waals surface area contributed by atoms with E-state index in [4.69, 9.17) is 9.47 Å². The average molecular weight is 265 g/mol. The highest BCUT2D eigenvalue weighted by molar-refractivity contribution is 5.47. The Balaban J connectivity index is 1.69. The van der Waals surface area contributed by atoms with Gasteiger partial charge < -0.3 is 14.8 Å². The highest BCUT2D eigenvalue weighted by Crippen LogP contribution is 2.34. The second-order valence-electron chi connectivity index (χ2n) is 5.68. The van der Waals surface area contributed by atoms with Gasteiger partial charge in [0.2, 0.25) is 0 Å². The van der Waals surface area contributed by atoms with Crippen LogP contribution in [-0.2, 0) is 22.9 Å². The number of aromatic nitrogens is 2. The number of hydrogen-bond acceptors (Lipinski definition) is 4. The fraction of sp³-hybridized carbons (Fsp3) is 0.786. The summed E-state index contributed by atoms with van der Waals surface area (Å²) in [5.74, 6) is 0. The molecule has 1 aromatic rings. The molecule has 2 aliphatic heterocycles. The first-order valence-corrected chi connectivity index (χ1v) is 7.21. The Morgan fingerprint density at radius 1 is 1.53 bits per heavy atom. The summed E-state index contributed by atoms with van der Waals surface area (Å²) < 4.78 is 13.4. The lowest BCUT2D eigenvalue weighted by molar-refractivity contribution is -0.0828. The Morgan fingerprint density at radius 3 is 3.16 bits per heavy atom. The smallest absolute Gasteiger partial charge is 0.0956 e. The molecule has 0 aliphatic carbocycles. The molecule has 3 heterocycles. The van der Waals surface area contributed by atoms with Gasteiger partial charge in [-0.15, -0.1) is 0 Å². The van der Waals surface area contributed by atoms with Gasteiger partial charge in [-0.05, 0) is 19.3 Å². The molecule has 2 fully saturated rings. The van der Waals surface area contributed by atoms with Crippen LogP contribution in [0.3, 0.4) is 0 Å². The normalized spacial score (nSPS) is 30.9. The number of nitrogens with one attached hydrogen (secondary N) is 1. The van der Waals surface area contributed by atoms with E-state index in [-0.39, 0.29) is 5.60 Å². The fourth-order valence-corrected chi connectivity index (χ4v) is 3.15. The van der Waals surface area contributed by atoms with Crippen LogP contribution in [0.25, 0.3) is 0 Å². The standard InChI is InChI=1S/C14H23N3O2/c1-3-12-13(9-17(2)16-12)15-11-4-6-19-14(8-11)5-7-18-10-14/h9,11,15H,3-8,10H2,1-2H3. The number of nitrogens with zero attached hydrogens (tertiary/aromatic N) is 2. The maximum absolute atomic E-state index is 5.97. The molecule has 5 nitrogen and oxygen atoms in total. The largest absolute Gasteiger partial charge is 0.379 e. The average Bonchev–Trinajstić information content (AvgIpc) is 2.97. The maximum Gasteiger partial charge on any atom is 0.0956 e. The van der Waals surface area contributed by atoms with Crippen molar-refractivity contribution in [3.8, 4) is 0 Å². The van der Waals surface area contributed by atoms with E-state index in [1.807, 2.05) is 11.7 Å². The van der Waals surface area contributed by atoms with Gasteiger partial charge in [0.05, 0.1) is 23.6 Å². The Morgan fingerprint density at radius 2 is 2.42 bits per heavy atom. The van der Waals surface area contributed by atoms with Gasteiger partial charge in [-0.2, -0.15) is 5.10 Å². The quantitative estimate of drug-likeness (QED) is 0.904. The summed E-state index contributed by atoms with van der Waals surface area (Å²) in [6.07, 6.45) is 6.15. The summed E-state index contributed by atoms with van der Waals surface area (Å²) in [4.78, 5) is 0. The third kappa shape index (κ3) is 2.62. The van der Waals surface area contributed by atoms with Crippen LogP contribution in [-0.4, -0.2) is 41.2 Å². The predicted octanol–water partition coefficient (Wildman–Crippen LogP) is 1.73. The molecule has 0 bridgehead atoms. The van der Waals surface area contributed by atoms with Gasteiger partial charge in [0.15, 0.2) is 0 Å². The molecule has 0 amide bonds. The summed E-state index contributed by atoms with van der Waals surface area (Å²) in [6.45, 7) is 4.55. The van der Waals surface area contributed by atoms with Crippen LogP contribution in [0.4, 0.5) is 5.69 Å². The van der Waals surface area contributed by atoms with Crippen LogP contribution >= 0.6 is 0 Å². The van der Waals surface area contributed by atoms with Gasteiger partial charge in [-0.25, -0.2) is 0 Å². The molecular weight excluding hydrogens is 242 g/mol. The van der Waals surface area contributed by atoms with Crippen LogP contribution in [0.1, 0.15) is 31.9 Å². The lowest BCUT2D eigenvalue weighted by Gasteiger charge is -2.37. The van der Waals surface area contributed by atoms with E-state index in [2.05, 4.69) is 23.5 Å². The molecular formula is C14H23N3O2. The zero-order chi connectivity index (χ0) is 13.3. The summed E-state index contributed by atoms with van der Waals surface area (Å²) in [6, 6.07) is 0.463. The van der Waals surface area contributed by atoms with E-state index in [0.29, 0.717) is 6.04 Å². The van der Waals surface area contributed by atoms with Crippen LogP contribution < -0.4 is 5.32 Å². The molecule has 3 rings (SSSR count). The van der Waals surface area contributed by atoms with Crippen molar-refractivity contribution in [2.75, 3.05) is 25.1 Å². The van der Waals surface area contributed by atoms with Crippen molar-refractivity contribution < 1.29 is 9.47 Å². The molecule has 2 atom stereocenters. The van der Waals surface area contributed by atoms with Crippen molar-refractivity contribution in [2.24, 2.45) is 7.05 Å². The fourth-order valence-electron chi connectivity index (χ4n) is 3.15. The van der Waals surface area contributed by atoms with Crippen molar-refractivity contribution >= 4 is 5.69 Å². The minimum atomic E-state index is -0.0372. The summed E-state index contributed by atoms with van der Waals surface area (Å²) in [5.41, 5.74) is 2.28. The van der Waals surface area contributed by atoms with E-state index in [0.717, 1.165) is 51.2 Å². The molecule has 0 saturated carbocycles. The van der Waals surface area contributed by atoms with E-state index in [1.165, 1.54) is 5.69 Å². The van der Waals surface area contributed by atoms with Gasteiger partial charge in [-0.1, -0.05) is 6.92 Å². The number of rotatable bonds is 3. The van der Waals surface area contributed by atoms with Gasteiger partial charge in [0.1, 0.15) is 0 Å². The van der Waals surface area contributed by atoms with Crippen LogP contribution in [0.5, 0.6) is 0 Å². The molecule has 0 radical (unpaired) electrons. The summed E-state index contributed by atoms with van der Waals surface area (Å²) in [7, 11) is 1.97. The zero-order valence-corrected chi connectivity index (χ0v) is 11.8. The lowest BCUT2D eigenvalue weighted by Crippen LogP contribution is -2.45. The maximum atomic E-state index is 5.97. The molecule has 19 heavy (non-hydrogen) atoms. The van der Waals surface area contributed by atoms with Crippen LogP contribution in [0.2, 0.25) is 0 Å². The molecule has 5 heteroatoms. The van der Waals surface area contributed by atoms with E-state index < -0.39 is 0 Å². The number of hydrogen-bond donors (Lipinski definition) is 1. The van der Waals surface area contributed by atoms with Gasteiger partial charge in [-0.3, -0.25) is 4.68 Å². The first kappa shape index (κ1) is 12.9. The first-order valence-electron chi connectivity index (χ1n) is 7.21. The summed E-state index contributed by atoms with van der Waals surface area (Å²) >= 11 is 0. The molecule has 0 aromatic carbocycles.